The van der Waals surface area contributed by atoms with Gasteiger partial charge in [-0.3, -0.25) is 0 Å². The highest BCUT2D eigenvalue weighted by molar-refractivity contribution is 5.94. The monoisotopic (exact) mass is 262 g/mol. The van der Waals surface area contributed by atoms with Crippen molar-refractivity contribution >= 4 is 5.71 Å². The van der Waals surface area contributed by atoms with E-state index in [2.05, 4.69) is 31.8 Å². The molecule has 1 atom stereocenters. The third-order valence-corrected chi connectivity index (χ3v) is 4.29. The number of rotatable bonds is 7. The molecule has 19 heavy (non-hydrogen) atoms. The zero-order valence-electron chi connectivity index (χ0n) is 12.9. The number of hydrogen-bond acceptors (Lipinski definition) is 2. The summed E-state index contributed by atoms with van der Waals surface area (Å²) in [5.74, 6) is 0.803. The normalized spacial score (nSPS) is 19.0. The van der Waals surface area contributed by atoms with Crippen molar-refractivity contribution in [2.75, 3.05) is 7.05 Å². The van der Waals surface area contributed by atoms with E-state index in [-0.39, 0.29) is 0 Å². The molecule has 0 aromatic heterocycles. The van der Waals surface area contributed by atoms with Gasteiger partial charge in [0, 0.05) is 30.3 Å². The summed E-state index contributed by atoms with van der Waals surface area (Å²) in [5.41, 5.74) is 3.22. The van der Waals surface area contributed by atoms with Gasteiger partial charge in [0.2, 0.25) is 0 Å². The maximum absolute atomic E-state index is 8.31. The highest BCUT2D eigenvalue weighted by atomic mass is 14.8. The predicted octanol–water partition coefficient (Wildman–Crippen LogP) is 4.68. The van der Waals surface area contributed by atoms with Crippen LogP contribution in [0.5, 0.6) is 0 Å². The minimum atomic E-state index is 0.328. The molecule has 1 unspecified atom stereocenters. The maximum atomic E-state index is 8.31. The van der Waals surface area contributed by atoms with Crippen molar-refractivity contribution in [3.63, 3.8) is 0 Å². The third-order valence-electron chi connectivity index (χ3n) is 4.29. The van der Waals surface area contributed by atoms with Crippen molar-refractivity contribution in [1.29, 1.82) is 5.41 Å². The fraction of sp³-hybridized carbons (Fsp3) is 0.706. The molecule has 2 nitrogen and oxygen atoms in total. The lowest BCUT2D eigenvalue weighted by atomic mass is 9.84. The lowest BCUT2D eigenvalue weighted by Gasteiger charge is -2.23. The fourth-order valence-corrected chi connectivity index (χ4v) is 2.87. The first kappa shape index (κ1) is 16.0. The van der Waals surface area contributed by atoms with Gasteiger partial charge in [0.1, 0.15) is 0 Å². The van der Waals surface area contributed by atoms with Crippen LogP contribution in [-0.2, 0) is 0 Å². The molecule has 2 N–H and O–H groups in total. The van der Waals surface area contributed by atoms with Crippen molar-refractivity contribution in [2.24, 2.45) is 11.8 Å². The van der Waals surface area contributed by atoms with Crippen LogP contribution in [-0.4, -0.2) is 12.8 Å². The minimum Gasteiger partial charge on any atom is -0.391 e. The lowest BCUT2D eigenvalue weighted by molar-refractivity contribution is 0.439. The van der Waals surface area contributed by atoms with Gasteiger partial charge in [-0.05, 0) is 25.3 Å². The first-order valence-corrected chi connectivity index (χ1v) is 7.75. The quantitative estimate of drug-likeness (QED) is 0.507. The van der Waals surface area contributed by atoms with Crippen molar-refractivity contribution < 1.29 is 0 Å². The van der Waals surface area contributed by atoms with E-state index >= 15 is 0 Å². The van der Waals surface area contributed by atoms with E-state index in [4.69, 9.17) is 5.41 Å². The van der Waals surface area contributed by atoms with Gasteiger partial charge < -0.3 is 10.7 Å². The maximum Gasteiger partial charge on any atom is 0.0362 e. The molecular formula is C17H30N2. The minimum absolute atomic E-state index is 0.328. The zero-order chi connectivity index (χ0) is 14.3. The molecule has 1 aliphatic rings. The molecule has 2 heteroatoms. The molecule has 1 fully saturated rings. The van der Waals surface area contributed by atoms with Crippen LogP contribution in [0.25, 0.3) is 0 Å². The summed E-state index contributed by atoms with van der Waals surface area (Å²) < 4.78 is 0. The van der Waals surface area contributed by atoms with E-state index in [1.165, 1.54) is 37.7 Å². The van der Waals surface area contributed by atoms with Crippen molar-refractivity contribution in [1.82, 2.24) is 5.32 Å². The van der Waals surface area contributed by atoms with Crippen LogP contribution < -0.4 is 5.32 Å². The first-order chi connectivity index (χ1) is 9.10. The van der Waals surface area contributed by atoms with Crippen LogP contribution in [0, 0.1) is 17.2 Å². The predicted molar refractivity (Wildman–Crippen MR) is 84.7 cm³/mol. The number of allylic oxidation sites excluding steroid dienone is 2. The Hall–Kier alpha value is -1.05. The number of hydrogen-bond donors (Lipinski definition) is 2. The average molecular weight is 262 g/mol. The Balaban J connectivity index is 2.68. The number of nitrogens with one attached hydrogen (secondary N) is 2. The van der Waals surface area contributed by atoms with Gasteiger partial charge in [0.25, 0.3) is 0 Å². The van der Waals surface area contributed by atoms with Gasteiger partial charge >= 0.3 is 0 Å². The van der Waals surface area contributed by atoms with Gasteiger partial charge in [0.15, 0.2) is 0 Å². The lowest BCUT2D eigenvalue weighted by Crippen LogP contribution is -2.21. The summed E-state index contributed by atoms with van der Waals surface area (Å²) in [5, 5.41) is 11.6. The molecule has 0 spiro atoms. The standard InChI is InChI=1S/C17H30N2/c1-5-9-13(2)14(3)17(19-4)12-16(18)15-10-7-6-8-11-15/h12,14-15,18-19H,2,5-11H2,1,3-4H3/b17-12-,18-16?. The Morgan fingerprint density at radius 3 is 2.53 bits per heavy atom. The molecule has 0 aromatic carbocycles. The molecule has 0 radical (unpaired) electrons. The van der Waals surface area contributed by atoms with Crippen LogP contribution in [0.2, 0.25) is 0 Å². The molecule has 1 rings (SSSR count). The largest absolute Gasteiger partial charge is 0.391 e. The Morgan fingerprint density at radius 2 is 2.00 bits per heavy atom. The second-order valence-corrected chi connectivity index (χ2v) is 5.77. The molecule has 0 aliphatic heterocycles. The molecule has 0 saturated heterocycles. The Labute approximate surface area is 118 Å². The van der Waals surface area contributed by atoms with E-state index < -0.39 is 0 Å². The average Bonchev–Trinajstić information content (AvgIpc) is 2.45. The van der Waals surface area contributed by atoms with Crippen LogP contribution in [0.15, 0.2) is 23.9 Å². The molecule has 1 saturated carbocycles. The fourth-order valence-electron chi connectivity index (χ4n) is 2.87. The SMILES string of the molecule is C=C(CCC)C(C)/C(=C/C(=N)C1CCCCC1)NC. The zero-order valence-corrected chi connectivity index (χ0v) is 12.9. The van der Waals surface area contributed by atoms with Gasteiger partial charge in [-0.2, -0.15) is 0 Å². The first-order valence-electron chi connectivity index (χ1n) is 7.75. The van der Waals surface area contributed by atoms with Gasteiger partial charge in [0.05, 0.1) is 0 Å². The second kappa shape index (κ2) is 8.19. The summed E-state index contributed by atoms with van der Waals surface area (Å²) in [7, 11) is 1.95. The molecule has 108 valence electrons. The second-order valence-electron chi connectivity index (χ2n) is 5.77. The van der Waals surface area contributed by atoms with Crippen LogP contribution in [0.4, 0.5) is 0 Å². The molecule has 0 amide bonds. The van der Waals surface area contributed by atoms with Gasteiger partial charge in [-0.25, -0.2) is 0 Å². The molecular weight excluding hydrogens is 232 g/mol. The molecule has 0 bridgehead atoms. The van der Waals surface area contributed by atoms with E-state index in [1.54, 1.807) is 0 Å². The van der Waals surface area contributed by atoms with Crippen LogP contribution >= 0.6 is 0 Å². The van der Waals surface area contributed by atoms with Gasteiger partial charge in [-0.15, -0.1) is 0 Å². The van der Waals surface area contributed by atoms with Crippen molar-refractivity contribution in [3.05, 3.63) is 23.9 Å². The Bertz CT molecular complexity index is 335. The van der Waals surface area contributed by atoms with Crippen molar-refractivity contribution in [2.45, 2.75) is 58.8 Å². The van der Waals surface area contributed by atoms with Crippen LogP contribution in [0.1, 0.15) is 58.8 Å². The Kier molecular flexibility index (Phi) is 6.90. The van der Waals surface area contributed by atoms with E-state index in [0.717, 1.165) is 24.3 Å². The topological polar surface area (TPSA) is 35.9 Å². The van der Waals surface area contributed by atoms with Gasteiger partial charge in [-0.1, -0.05) is 51.7 Å². The highest BCUT2D eigenvalue weighted by Gasteiger charge is 2.18. The molecule has 0 heterocycles. The summed E-state index contributed by atoms with van der Waals surface area (Å²) in [4.78, 5) is 0. The molecule has 1 aliphatic carbocycles. The summed E-state index contributed by atoms with van der Waals surface area (Å²) >= 11 is 0. The smallest absolute Gasteiger partial charge is 0.0362 e. The Morgan fingerprint density at radius 1 is 1.37 bits per heavy atom. The summed E-state index contributed by atoms with van der Waals surface area (Å²) in [6, 6.07) is 0. The third kappa shape index (κ3) is 4.85. The van der Waals surface area contributed by atoms with Crippen LogP contribution in [0.3, 0.4) is 0 Å². The summed E-state index contributed by atoms with van der Waals surface area (Å²) in [6.07, 6.45) is 10.6. The molecule has 0 aromatic rings. The summed E-state index contributed by atoms with van der Waals surface area (Å²) in [6.45, 7) is 8.56. The highest BCUT2D eigenvalue weighted by Crippen LogP contribution is 2.26. The van der Waals surface area contributed by atoms with E-state index in [0.29, 0.717) is 11.8 Å². The van der Waals surface area contributed by atoms with E-state index in [1.807, 2.05) is 7.05 Å². The van der Waals surface area contributed by atoms with E-state index in [9.17, 15) is 0 Å². The van der Waals surface area contributed by atoms with Crippen molar-refractivity contribution in [3.8, 4) is 0 Å².